The van der Waals surface area contributed by atoms with Crippen LogP contribution in [0.4, 0.5) is 5.69 Å². The van der Waals surface area contributed by atoms with Gasteiger partial charge in [0.05, 0.1) is 4.47 Å². The van der Waals surface area contributed by atoms with Crippen LogP contribution in [0.5, 0.6) is 0 Å². The number of carbonyl (C=O) groups excluding carboxylic acids is 1. The van der Waals surface area contributed by atoms with Gasteiger partial charge in [-0.15, -0.1) is 0 Å². The third-order valence-electron chi connectivity index (χ3n) is 4.01. The number of amides is 1. The molecule has 0 saturated carbocycles. The van der Waals surface area contributed by atoms with E-state index in [9.17, 15) is 4.79 Å². The molecule has 1 aliphatic rings. The normalized spacial score (nSPS) is 15.2. The average Bonchev–Trinajstić information content (AvgIpc) is 2.86. The van der Waals surface area contributed by atoms with E-state index in [-0.39, 0.29) is 5.91 Å². The Hall–Kier alpha value is -1.82. The highest BCUT2D eigenvalue weighted by molar-refractivity contribution is 9.10. The molecule has 1 aliphatic heterocycles. The van der Waals surface area contributed by atoms with Crippen molar-refractivity contribution in [3.63, 3.8) is 0 Å². The molecule has 1 aromatic carbocycles. The zero-order chi connectivity index (χ0) is 15.7. The number of H-pyrrole nitrogens is 1. The highest BCUT2D eigenvalue weighted by Gasteiger charge is 2.26. The molecule has 1 N–H and O–H groups in total. The lowest BCUT2D eigenvalue weighted by Gasteiger charge is -2.36. The number of hydrogen-bond donors (Lipinski definition) is 1. The van der Waals surface area contributed by atoms with Crippen molar-refractivity contribution in [2.45, 2.75) is 13.8 Å². The first-order valence-electron chi connectivity index (χ1n) is 7.37. The molecule has 2 aromatic rings. The van der Waals surface area contributed by atoms with E-state index in [0.717, 1.165) is 23.3 Å². The van der Waals surface area contributed by atoms with Crippen LogP contribution in [0.15, 0.2) is 28.7 Å². The highest BCUT2D eigenvalue weighted by atomic mass is 79.9. The molecule has 0 bridgehead atoms. The first-order chi connectivity index (χ1) is 10.6. The van der Waals surface area contributed by atoms with Crippen LogP contribution in [0.2, 0.25) is 0 Å². The molecule has 0 atom stereocenters. The largest absolute Gasteiger partial charge is 0.368 e. The number of hydrogen-bond acceptors (Lipinski definition) is 3. The second-order valence-corrected chi connectivity index (χ2v) is 6.42. The number of aromatic nitrogens is 2. The Bertz CT molecular complexity index is 689. The van der Waals surface area contributed by atoms with Gasteiger partial charge in [-0.05, 0) is 47.5 Å². The van der Waals surface area contributed by atoms with Gasteiger partial charge in [0, 0.05) is 37.6 Å². The minimum atomic E-state index is -0.0138. The molecule has 0 aliphatic carbocycles. The van der Waals surface area contributed by atoms with E-state index >= 15 is 0 Å². The fourth-order valence-electron chi connectivity index (χ4n) is 2.70. The van der Waals surface area contributed by atoms with Crippen LogP contribution < -0.4 is 4.90 Å². The van der Waals surface area contributed by atoms with Crippen LogP contribution >= 0.6 is 15.9 Å². The zero-order valence-electron chi connectivity index (χ0n) is 12.8. The van der Waals surface area contributed by atoms with Gasteiger partial charge in [-0.3, -0.25) is 9.89 Å². The summed E-state index contributed by atoms with van der Waals surface area (Å²) in [6.45, 7) is 7.10. The molecule has 2 heterocycles. The number of carbonyl (C=O) groups is 1. The lowest BCUT2D eigenvalue weighted by molar-refractivity contribution is 0.0740. The van der Waals surface area contributed by atoms with Crippen molar-refractivity contribution >= 4 is 27.5 Å². The van der Waals surface area contributed by atoms with Crippen LogP contribution in [0.3, 0.4) is 0 Å². The molecule has 0 spiro atoms. The van der Waals surface area contributed by atoms with Gasteiger partial charge >= 0.3 is 0 Å². The Kier molecular flexibility index (Phi) is 4.20. The molecule has 0 unspecified atom stereocenters. The van der Waals surface area contributed by atoms with Crippen molar-refractivity contribution in [2.24, 2.45) is 0 Å². The number of nitrogens with one attached hydrogen (secondary N) is 1. The first-order valence-corrected chi connectivity index (χ1v) is 8.17. The first kappa shape index (κ1) is 15.1. The molecule has 1 aromatic heterocycles. The summed E-state index contributed by atoms with van der Waals surface area (Å²) in [5.74, 6) is -0.0138. The zero-order valence-corrected chi connectivity index (χ0v) is 14.4. The van der Waals surface area contributed by atoms with E-state index in [1.165, 1.54) is 11.3 Å². The molecule has 116 valence electrons. The van der Waals surface area contributed by atoms with Gasteiger partial charge < -0.3 is 9.80 Å². The Morgan fingerprint density at radius 3 is 2.55 bits per heavy atom. The monoisotopic (exact) mass is 362 g/mol. The summed E-state index contributed by atoms with van der Waals surface area (Å²) < 4.78 is 0.763. The summed E-state index contributed by atoms with van der Waals surface area (Å²) in [6, 6.07) is 8.48. The maximum absolute atomic E-state index is 12.5. The van der Waals surface area contributed by atoms with Crippen LogP contribution in [-0.4, -0.2) is 47.2 Å². The van der Waals surface area contributed by atoms with Gasteiger partial charge in [0.15, 0.2) is 5.69 Å². The minimum Gasteiger partial charge on any atom is -0.368 e. The van der Waals surface area contributed by atoms with E-state index < -0.39 is 0 Å². The smallest absolute Gasteiger partial charge is 0.275 e. The lowest BCUT2D eigenvalue weighted by atomic mass is 10.2. The number of benzene rings is 1. The predicted octanol–water partition coefficient (Wildman–Crippen LogP) is 2.75. The van der Waals surface area contributed by atoms with Crippen LogP contribution in [0, 0.1) is 13.8 Å². The van der Waals surface area contributed by atoms with Crippen LogP contribution in [-0.2, 0) is 0 Å². The Balaban J connectivity index is 1.67. The standard InChI is InChI=1S/C16H19BrN4O/c1-11-4-3-5-13(10-11)20-6-8-21(9-7-20)16(22)15-14(17)12(2)18-19-15/h3-5,10H,6-9H2,1-2H3,(H,18,19). The maximum Gasteiger partial charge on any atom is 0.275 e. The van der Waals surface area contributed by atoms with Crippen LogP contribution in [0.1, 0.15) is 21.7 Å². The molecule has 3 rings (SSSR count). The molecular formula is C16H19BrN4O. The van der Waals surface area contributed by atoms with Crippen molar-refractivity contribution in [1.29, 1.82) is 0 Å². The van der Waals surface area contributed by atoms with E-state index in [4.69, 9.17) is 0 Å². The molecule has 1 fully saturated rings. The summed E-state index contributed by atoms with van der Waals surface area (Å²) in [4.78, 5) is 16.7. The summed E-state index contributed by atoms with van der Waals surface area (Å²) >= 11 is 3.42. The van der Waals surface area contributed by atoms with E-state index in [0.29, 0.717) is 18.8 Å². The summed E-state index contributed by atoms with van der Waals surface area (Å²) in [5.41, 5.74) is 3.83. The van der Waals surface area contributed by atoms with E-state index in [2.05, 4.69) is 62.2 Å². The highest BCUT2D eigenvalue weighted by Crippen LogP contribution is 2.22. The second kappa shape index (κ2) is 6.12. The quantitative estimate of drug-likeness (QED) is 0.893. The molecular weight excluding hydrogens is 344 g/mol. The van der Waals surface area contributed by atoms with Crippen LogP contribution in [0.25, 0.3) is 0 Å². The number of piperazine rings is 1. The number of rotatable bonds is 2. The molecule has 5 nitrogen and oxygen atoms in total. The Morgan fingerprint density at radius 2 is 1.95 bits per heavy atom. The minimum absolute atomic E-state index is 0.0138. The lowest BCUT2D eigenvalue weighted by Crippen LogP contribution is -2.49. The third-order valence-corrected chi connectivity index (χ3v) is 4.98. The van der Waals surface area contributed by atoms with Gasteiger partial charge in [0.1, 0.15) is 0 Å². The number of aryl methyl sites for hydroxylation is 2. The maximum atomic E-state index is 12.5. The van der Waals surface area contributed by atoms with Crippen molar-refractivity contribution in [3.05, 3.63) is 45.7 Å². The third kappa shape index (κ3) is 2.88. The fraction of sp³-hybridized carbons (Fsp3) is 0.375. The summed E-state index contributed by atoms with van der Waals surface area (Å²) in [6.07, 6.45) is 0. The number of halogens is 1. The van der Waals surface area contributed by atoms with Gasteiger partial charge in [0.25, 0.3) is 5.91 Å². The molecule has 6 heteroatoms. The second-order valence-electron chi connectivity index (χ2n) is 5.63. The fourth-order valence-corrected chi connectivity index (χ4v) is 3.05. The predicted molar refractivity (Wildman–Crippen MR) is 90.3 cm³/mol. The average molecular weight is 363 g/mol. The summed E-state index contributed by atoms with van der Waals surface area (Å²) in [7, 11) is 0. The van der Waals surface area contributed by atoms with E-state index in [1.807, 2.05) is 11.8 Å². The number of aromatic amines is 1. The number of anilines is 1. The van der Waals surface area contributed by atoms with E-state index in [1.54, 1.807) is 0 Å². The van der Waals surface area contributed by atoms with Crippen molar-refractivity contribution in [3.8, 4) is 0 Å². The van der Waals surface area contributed by atoms with Gasteiger partial charge in [-0.2, -0.15) is 5.10 Å². The topological polar surface area (TPSA) is 52.2 Å². The Labute approximate surface area is 138 Å². The summed E-state index contributed by atoms with van der Waals surface area (Å²) in [5, 5.41) is 6.95. The molecule has 1 saturated heterocycles. The van der Waals surface area contributed by atoms with Crippen molar-refractivity contribution in [1.82, 2.24) is 15.1 Å². The molecule has 22 heavy (non-hydrogen) atoms. The number of nitrogens with zero attached hydrogens (tertiary/aromatic N) is 3. The van der Waals surface area contributed by atoms with Crippen molar-refractivity contribution < 1.29 is 4.79 Å². The van der Waals surface area contributed by atoms with Crippen molar-refractivity contribution in [2.75, 3.05) is 31.1 Å². The Morgan fingerprint density at radius 1 is 1.23 bits per heavy atom. The molecule has 1 amide bonds. The SMILES string of the molecule is Cc1cccc(N2CCN(C(=O)c3n[nH]c(C)c3Br)CC2)c1. The van der Waals surface area contributed by atoms with Gasteiger partial charge in [-0.1, -0.05) is 12.1 Å². The van der Waals surface area contributed by atoms with Gasteiger partial charge in [-0.25, -0.2) is 0 Å². The van der Waals surface area contributed by atoms with Gasteiger partial charge in [0.2, 0.25) is 0 Å². The molecule has 0 radical (unpaired) electrons.